The Morgan fingerprint density at radius 1 is 1.08 bits per heavy atom. The van der Waals surface area contributed by atoms with E-state index in [1.807, 2.05) is 17.0 Å². The van der Waals surface area contributed by atoms with Crippen molar-refractivity contribution in [3.05, 3.63) is 57.5 Å². The minimum Gasteiger partial charge on any atom is -0.496 e. The smallest absolute Gasteiger partial charge is 0.257 e. The number of anilines is 1. The molecule has 3 rings (SSSR count). The van der Waals surface area contributed by atoms with Crippen LogP contribution in [-0.4, -0.2) is 44.1 Å². The van der Waals surface area contributed by atoms with E-state index in [1.165, 1.54) is 5.69 Å². The van der Waals surface area contributed by atoms with Gasteiger partial charge in [0.05, 0.1) is 12.7 Å². The maximum absolute atomic E-state index is 12.8. The second kappa shape index (κ2) is 7.45. The number of halogens is 2. The molecule has 126 valence electrons. The molecule has 1 saturated heterocycles. The van der Waals surface area contributed by atoms with Gasteiger partial charge in [-0.1, -0.05) is 27.5 Å². The Kier molecular flexibility index (Phi) is 5.31. The highest BCUT2D eigenvalue weighted by Crippen LogP contribution is 2.25. The molecule has 0 bridgehead atoms. The predicted molar refractivity (Wildman–Crippen MR) is 100 cm³/mol. The molecule has 1 amide bonds. The van der Waals surface area contributed by atoms with Crippen LogP contribution in [0.2, 0.25) is 5.02 Å². The quantitative estimate of drug-likeness (QED) is 0.766. The number of ether oxygens (including phenoxy) is 1. The Morgan fingerprint density at radius 2 is 1.75 bits per heavy atom. The first kappa shape index (κ1) is 17.1. The first-order valence-electron chi connectivity index (χ1n) is 7.72. The van der Waals surface area contributed by atoms with Crippen LogP contribution in [0.15, 0.2) is 46.9 Å². The number of rotatable bonds is 3. The monoisotopic (exact) mass is 408 g/mol. The highest BCUT2D eigenvalue weighted by atomic mass is 79.9. The number of amides is 1. The maximum Gasteiger partial charge on any atom is 0.257 e. The van der Waals surface area contributed by atoms with Gasteiger partial charge in [-0.05, 0) is 42.5 Å². The van der Waals surface area contributed by atoms with Crippen LogP contribution >= 0.6 is 27.5 Å². The average molecular weight is 410 g/mol. The van der Waals surface area contributed by atoms with E-state index in [4.69, 9.17) is 16.3 Å². The third-order valence-electron chi connectivity index (χ3n) is 4.15. The van der Waals surface area contributed by atoms with Gasteiger partial charge in [-0.3, -0.25) is 4.79 Å². The fraction of sp³-hybridized carbons (Fsp3) is 0.278. The number of carbonyl (C=O) groups is 1. The summed E-state index contributed by atoms with van der Waals surface area (Å²) in [5, 5.41) is 0.535. The van der Waals surface area contributed by atoms with Crippen molar-refractivity contribution in [3.63, 3.8) is 0 Å². The van der Waals surface area contributed by atoms with Crippen molar-refractivity contribution in [1.29, 1.82) is 0 Å². The van der Waals surface area contributed by atoms with Crippen molar-refractivity contribution < 1.29 is 9.53 Å². The number of methoxy groups -OCH3 is 1. The summed E-state index contributed by atoms with van der Waals surface area (Å²) >= 11 is 9.48. The standard InChI is InChI=1S/C18H18BrClN2O2/c1-24-17-7-4-14(20)12-16(17)18(23)22-10-8-21(9-11-22)15-5-2-13(19)3-6-15/h2-7,12H,8-11H2,1H3. The molecule has 0 saturated carbocycles. The van der Waals surface area contributed by atoms with Crippen LogP contribution in [0.4, 0.5) is 5.69 Å². The highest BCUT2D eigenvalue weighted by Gasteiger charge is 2.24. The number of hydrogen-bond donors (Lipinski definition) is 0. The van der Waals surface area contributed by atoms with Gasteiger partial charge in [0.1, 0.15) is 5.75 Å². The van der Waals surface area contributed by atoms with Crippen molar-refractivity contribution in [2.24, 2.45) is 0 Å². The molecule has 0 atom stereocenters. The van der Waals surface area contributed by atoms with Gasteiger partial charge >= 0.3 is 0 Å². The molecule has 1 aliphatic rings. The minimum absolute atomic E-state index is 0.0372. The second-order valence-corrected chi connectivity index (χ2v) is 6.95. The Bertz CT molecular complexity index is 728. The van der Waals surface area contributed by atoms with Gasteiger partial charge < -0.3 is 14.5 Å². The fourth-order valence-electron chi connectivity index (χ4n) is 2.84. The lowest BCUT2D eigenvalue weighted by Gasteiger charge is -2.36. The van der Waals surface area contributed by atoms with Gasteiger partial charge in [-0.25, -0.2) is 0 Å². The van der Waals surface area contributed by atoms with E-state index in [9.17, 15) is 4.79 Å². The molecular weight excluding hydrogens is 392 g/mol. The average Bonchev–Trinajstić information content (AvgIpc) is 2.62. The van der Waals surface area contributed by atoms with E-state index < -0.39 is 0 Å². The molecule has 0 spiro atoms. The van der Waals surface area contributed by atoms with Crippen LogP contribution in [-0.2, 0) is 0 Å². The van der Waals surface area contributed by atoms with Crippen LogP contribution < -0.4 is 9.64 Å². The van der Waals surface area contributed by atoms with Gasteiger partial charge in [-0.15, -0.1) is 0 Å². The third-order valence-corrected chi connectivity index (χ3v) is 4.91. The SMILES string of the molecule is COc1ccc(Cl)cc1C(=O)N1CCN(c2ccc(Br)cc2)CC1. The van der Waals surface area contributed by atoms with Crippen LogP contribution in [0.5, 0.6) is 5.75 Å². The molecule has 0 radical (unpaired) electrons. The summed E-state index contributed by atoms with van der Waals surface area (Å²) in [5.41, 5.74) is 1.69. The molecule has 1 fully saturated rings. The van der Waals surface area contributed by atoms with Crippen LogP contribution in [0.25, 0.3) is 0 Å². The summed E-state index contributed by atoms with van der Waals surface area (Å²) < 4.78 is 6.36. The van der Waals surface area contributed by atoms with E-state index in [0.717, 1.165) is 17.6 Å². The molecule has 2 aromatic rings. The minimum atomic E-state index is -0.0372. The van der Waals surface area contributed by atoms with Crippen molar-refractivity contribution in [2.75, 3.05) is 38.2 Å². The van der Waals surface area contributed by atoms with Crippen LogP contribution in [0, 0.1) is 0 Å². The van der Waals surface area contributed by atoms with Gasteiger partial charge in [0.2, 0.25) is 0 Å². The second-order valence-electron chi connectivity index (χ2n) is 5.60. The predicted octanol–water partition coefficient (Wildman–Crippen LogP) is 4.07. The molecule has 0 unspecified atom stereocenters. The number of carbonyl (C=O) groups excluding carboxylic acids is 1. The number of hydrogen-bond acceptors (Lipinski definition) is 3. The lowest BCUT2D eigenvalue weighted by Crippen LogP contribution is -2.48. The first-order chi connectivity index (χ1) is 11.6. The van der Waals surface area contributed by atoms with E-state index in [1.54, 1.807) is 25.3 Å². The molecule has 2 aromatic carbocycles. The zero-order valence-electron chi connectivity index (χ0n) is 13.3. The Morgan fingerprint density at radius 3 is 2.38 bits per heavy atom. The molecule has 4 nitrogen and oxygen atoms in total. The molecule has 1 aliphatic heterocycles. The molecule has 0 aromatic heterocycles. The van der Waals surface area contributed by atoms with Crippen molar-refractivity contribution in [1.82, 2.24) is 4.90 Å². The summed E-state index contributed by atoms with van der Waals surface area (Å²) in [6.07, 6.45) is 0. The summed E-state index contributed by atoms with van der Waals surface area (Å²) in [4.78, 5) is 16.9. The molecule has 0 aliphatic carbocycles. The summed E-state index contributed by atoms with van der Waals surface area (Å²) in [7, 11) is 1.56. The third kappa shape index (κ3) is 3.68. The first-order valence-corrected chi connectivity index (χ1v) is 8.89. The van der Waals surface area contributed by atoms with Gasteiger partial charge in [0.15, 0.2) is 0 Å². The number of benzene rings is 2. The zero-order chi connectivity index (χ0) is 17.1. The summed E-state index contributed by atoms with van der Waals surface area (Å²) in [6.45, 7) is 2.95. The van der Waals surface area contributed by atoms with E-state index in [0.29, 0.717) is 29.4 Å². The largest absolute Gasteiger partial charge is 0.496 e. The molecule has 6 heteroatoms. The highest BCUT2D eigenvalue weighted by molar-refractivity contribution is 9.10. The molecule has 0 N–H and O–H groups in total. The van der Waals surface area contributed by atoms with Crippen molar-refractivity contribution in [2.45, 2.75) is 0 Å². The molecule has 24 heavy (non-hydrogen) atoms. The Labute approximate surface area is 155 Å². The van der Waals surface area contributed by atoms with Crippen molar-refractivity contribution >= 4 is 39.1 Å². The molecule has 1 heterocycles. The topological polar surface area (TPSA) is 32.8 Å². The maximum atomic E-state index is 12.8. The van der Waals surface area contributed by atoms with Gasteiger partial charge in [-0.2, -0.15) is 0 Å². The number of piperazine rings is 1. The van der Waals surface area contributed by atoms with Crippen LogP contribution in [0.1, 0.15) is 10.4 Å². The lowest BCUT2D eigenvalue weighted by atomic mass is 10.1. The van der Waals surface area contributed by atoms with Crippen molar-refractivity contribution in [3.8, 4) is 5.75 Å². The zero-order valence-corrected chi connectivity index (χ0v) is 15.7. The number of nitrogens with zero attached hydrogens (tertiary/aromatic N) is 2. The van der Waals surface area contributed by atoms with Gasteiger partial charge in [0.25, 0.3) is 5.91 Å². The summed E-state index contributed by atoms with van der Waals surface area (Å²) in [5.74, 6) is 0.518. The lowest BCUT2D eigenvalue weighted by molar-refractivity contribution is 0.0743. The Balaban J connectivity index is 1.69. The normalized spacial score (nSPS) is 14.6. The fourth-order valence-corrected chi connectivity index (χ4v) is 3.27. The summed E-state index contributed by atoms with van der Waals surface area (Å²) in [6, 6.07) is 13.4. The Hall–Kier alpha value is -1.72. The molecular formula is C18H18BrClN2O2. The van der Waals surface area contributed by atoms with Crippen LogP contribution in [0.3, 0.4) is 0 Å². The van der Waals surface area contributed by atoms with E-state index in [2.05, 4.69) is 33.0 Å². The van der Waals surface area contributed by atoms with E-state index in [-0.39, 0.29) is 5.91 Å². The van der Waals surface area contributed by atoms with Gasteiger partial charge in [0, 0.05) is 41.4 Å². The van der Waals surface area contributed by atoms with E-state index >= 15 is 0 Å².